The van der Waals surface area contributed by atoms with Crippen LogP contribution in [0.3, 0.4) is 0 Å². The minimum atomic E-state index is -3.74. The Hall–Kier alpha value is -2.71. The molecule has 0 saturated heterocycles. The molecule has 1 amide bonds. The van der Waals surface area contributed by atoms with Crippen LogP contribution in [0, 0.1) is 0 Å². The quantitative estimate of drug-likeness (QED) is 0.646. The Bertz CT molecular complexity index is 974. The van der Waals surface area contributed by atoms with E-state index in [1.807, 2.05) is 6.07 Å². The lowest BCUT2D eigenvalue weighted by atomic mass is 10.2. The number of anilines is 1. The minimum Gasteiger partial charge on any atom is -0.449 e. The minimum absolute atomic E-state index is 0.0106. The first-order valence-corrected chi connectivity index (χ1v) is 10.6. The van der Waals surface area contributed by atoms with Gasteiger partial charge in [0.1, 0.15) is 0 Å². The van der Waals surface area contributed by atoms with Crippen molar-refractivity contribution in [3.63, 3.8) is 0 Å². The lowest BCUT2D eigenvalue weighted by molar-refractivity contribution is -0.126. The van der Waals surface area contributed by atoms with Crippen molar-refractivity contribution in [2.45, 2.75) is 37.8 Å². The molecule has 0 radical (unpaired) electrons. The summed E-state index contributed by atoms with van der Waals surface area (Å²) < 4.78 is 31.8. The molecule has 0 spiro atoms. The van der Waals surface area contributed by atoms with Gasteiger partial charge in [-0.2, -0.15) is 4.31 Å². The van der Waals surface area contributed by atoms with E-state index in [0.29, 0.717) is 5.69 Å². The number of carbonyl (C=O) groups excluding carboxylic acids is 2. The number of rotatable bonds is 7. The number of hydrogen-bond donors (Lipinski definition) is 0. The SMILES string of the molecule is CC(C)N(C)S(=O)(=O)c1cccc(C(=O)O[C@@H](C)C(=O)N(C)c2ccccc2)c1. The standard InChI is InChI=1S/C21H26N2O5S/c1-15(2)23(5)29(26,27)19-13-9-10-17(14-19)21(25)28-16(3)20(24)22(4)18-11-7-6-8-12-18/h6-16H,1-5H3/t16-/m0/s1. The van der Waals surface area contributed by atoms with Gasteiger partial charge < -0.3 is 9.64 Å². The molecule has 7 nitrogen and oxygen atoms in total. The summed E-state index contributed by atoms with van der Waals surface area (Å²) in [6, 6.07) is 14.3. The molecule has 2 rings (SSSR count). The molecule has 0 aromatic heterocycles. The Labute approximate surface area is 171 Å². The lowest BCUT2D eigenvalue weighted by Gasteiger charge is -2.22. The van der Waals surface area contributed by atoms with Crippen LogP contribution in [-0.2, 0) is 19.6 Å². The summed E-state index contributed by atoms with van der Waals surface area (Å²) in [7, 11) is -0.667. The van der Waals surface area contributed by atoms with Crippen LogP contribution in [0.2, 0.25) is 0 Å². The number of para-hydroxylation sites is 1. The zero-order valence-electron chi connectivity index (χ0n) is 17.2. The van der Waals surface area contributed by atoms with Crippen molar-refractivity contribution >= 4 is 27.6 Å². The Morgan fingerprint density at radius 1 is 0.931 bits per heavy atom. The molecule has 0 saturated carbocycles. The Morgan fingerprint density at radius 3 is 2.14 bits per heavy atom. The van der Waals surface area contributed by atoms with E-state index >= 15 is 0 Å². The average Bonchev–Trinajstić information content (AvgIpc) is 2.72. The van der Waals surface area contributed by atoms with Crippen molar-refractivity contribution in [2.24, 2.45) is 0 Å². The van der Waals surface area contributed by atoms with E-state index in [1.165, 1.54) is 47.4 Å². The second kappa shape index (κ2) is 9.19. The number of carbonyl (C=O) groups is 2. The van der Waals surface area contributed by atoms with Gasteiger partial charge in [0.15, 0.2) is 6.10 Å². The highest BCUT2D eigenvalue weighted by atomic mass is 32.2. The Kier molecular flexibility index (Phi) is 7.16. The van der Waals surface area contributed by atoms with Gasteiger partial charge in [0.2, 0.25) is 10.0 Å². The molecule has 2 aromatic rings. The third-order valence-corrected chi connectivity index (χ3v) is 6.61. The Morgan fingerprint density at radius 2 is 1.55 bits per heavy atom. The normalized spacial score (nSPS) is 12.7. The number of nitrogens with zero attached hydrogens (tertiary/aromatic N) is 2. The molecule has 2 aromatic carbocycles. The van der Waals surface area contributed by atoms with Gasteiger partial charge in [0, 0.05) is 25.8 Å². The number of hydrogen-bond acceptors (Lipinski definition) is 5. The van der Waals surface area contributed by atoms with Crippen LogP contribution in [0.4, 0.5) is 5.69 Å². The smallest absolute Gasteiger partial charge is 0.338 e. The van der Waals surface area contributed by atoms with E-state index in [9.17, 15) is 18.0 Å². The first kappa shape index (κ1) is 22.6. The molecule has 0 aliphatic rings. The van der Waals surface area contributed by atoms with Gasteiger partial charge in [-0.05, 0) is 51.1 Å². The van der Waals surface area contributed by atoms with Crippen molar-refractivity contribution in [2.75, 3.05) is 19.0 Å². The van der Waals surface area contributed by atoms with Crippen molar-refractivity contribution in [1.29, 1.82) is 0 Å². The van der Waals surface area contributed by atoms with E-state index in [0.717, 1.165) is 0 Å². The second-order valence-electron chi connectivity index (χ2n) is 6.92. The van der Waals surface area contributed by atoms with Crippen molar-refractivity contribution in [3.8, 4) is 0 Å². The molecule has 29 heavy (non-hydrogen) atoms. The summed E-state index contributed by atoms with van der Waals surface area (Å²) in [4.78, 5) is 26.4. The monoisotopic (exact) mass is 418 g/mol. The van der Waals surface area contributed by atoms with Crippen molar-refractivity contribution < 1.29 is 22.7 Å². The van der Waals surface area contributed by atoms with E-state index < -0.39 is 28.0 Å². The summed E-state index contributed by atoms with van der Waals surface area (Å²) in [6.45, 7) is 4.99. The highest BCUT2D eigenvalue weighted by molar-refractivity contribution is 7.89. The van der Waals surface area contributed by atoms with Gasteiger partial charge in [0.05, 0.1) is 10.5 Å². The first-order valence-electron chi connectivity index (χ1n) is 9.17. The highest BCUT2D eigenvalue weighted by Gasteiger charge is 2.26. The largest absolute Gasteiger partial charge is 0.449 e. The zero-order chi connectivity index (χ0) is 21.8. The summed E-state index contributed by atoms with van der Waals surface area (Å²) in [5.41, 5.74) is 0.732. The van der Waals surface area contributed by atoms with Crippen molar-refractivity contribution in [1.82, 2.24) is 4.31 Å². The van der Waals surface area contributed by atoms with E-state index in [1.54, 1.807) is 45.2 Å². The number of esters is 1. The number of ether oxygens (including phenoxy) is 1. The van der Waals surface area contributed by atoms with Crippen LogP contribution >= 0.6 is 0 Å². The number of amides is 1. The summed E-state index contributed by atoms with van der Waals surface area (Å²) in [6.07, 6.45) is -1.04. The molecule has 0 unspecified atom stereocenters. The maximum atomic E-state index is 12.6. The molecule has 0 heterocycles. The average molecular weight is 419 g/mol. The molecule has 156 valence electrons. The summed E-state index contributed by atoms with van der Waals surface area (Å²) >= 11 is 0. The van der Waals surface area contributed by atoms with Crippen LogP contribution in [0.15, 0.2) is 59.5 Å². The molecule has 0 bridgehead atoms. The summed E-state index contributed by atoms with van der Waals surface area (Å²) in [5, 5.41) is 0. The van der Waals surface area contributed by atoms with Gasteiger partial charge in [-0.15, -0.1) is 0 Å². The second-order valence-corrected chi connectivity index (χ2v) is 8.92. The molecular weight excluding hydrogens is 392 g/mol. The molecule has 0 aliphatic heterocycles. The van der Waals surface area contributed by atoms with Crippen LogP contribution in [0.5, 0.6) is 0 Å². The molecule has 0 aliphatic carbocycles. The molecule has 0 N–H and O–H groups in total. The fraction of sp³-hybridized carbons (Fsp3) is 0.333. The van der Waals surface area contributed by atoms with Crippen molar-refractivity contribution in [3.05, 3.63) is 60.2 Å². The number of likely N-dealkylation sites (N-methyl/N-ethyl adjacent to an activating group) is 1. The first-order chi connectivity index (χ1) is 13.6. The molecule has 0 fully saturated rings. The lowest BCUT2D eigenvalue weighted by Crippen LogP contribution is -2.37. The van der Waals surface area contributed by atoms with Gasteiger partial charge in [-0.1, -0.05) is 24.3 Å². The maximum absolute atomic E-state index is 12.6. The van der Waals surface area contributed by atoms with Gasteiger partial charge in [-0.3, -0.25) is 4.79 Å². The van der Waals surface area contributed by atoms with E-state index in [4.69, 9.17) is 4.74 Å². The fourth-order valence-electron chi connectivity index (χ4n) is 2.56. The topological polar surface area (TPSA) is 84.0 Å². The molecule has 8 heteroatoms. The van der Waals surface area contributed by atoms with Gasteiger partial charge in [0.25, 0.3) is 5.91 Å². The highest BCUT2D eigenvalue weighted by Crippen LogP contribution is 2.19. The van der Waals surface area contributed by atoms with Crippen LogP contribution in [0.25, 0.3) is 0 Å². The van der Waals surface area contributed by atoms with Crippen LogP contribution in [-0.4, -0.2) is 50.8 Å². The zero-order valence-corrected chi connectivity index (χ0v) is 18.0. The number of sulfonamides is 1. The van der Waals surface area contributed by atoms with Crippen LogP contribution in [0.1, 0.15) is 31.1 Å². The molecule has 1 atom stereocenters. The Balaban J connectivity index is 2.16. The molecular formula is C21H26N2O5S. The van der Waals surface area contributed by atoms with E-state index in [-0.39, 0.29) is 16.5 Å². The predicted molar refractivity (Wildman–Crippen MR) is 111 cm³/mol. The predicted octanol–water partition coefficient (Wildman–Crippen LogP) is 2.92. The third kappa shape index (κ3) is 5.21. The third-order valence-electron chi connectivity index (χ3n) is 4.58. The van der Waals surface area contributed by atoms with Gasteiger partial charge >= 0.3 is 5.97 Å². The van der Waals surface area contributed by atoms with E-state index in [2.05, 4.69) is 0 Å². The summed E-state index contributed by atoms with van der Waals surface area (Å²) in [5.74, 6) is -1.16. The van der Waals surface area contributed by atoms with Crippen LogP contribution < -0.4 is 4.90 Å². The number of benzene rings is 2. The fourth-order valence-corrected chi connectivity index (χ4v) is 3.97. The van der Waals surface area contributed by atoms with Gasteiger partial charge in [-0.25, -0.2) is 13.2 Å². The maximum Gasteiger partial charge on any atom is 0.338 e.